The van der Waals surface area contributed by atoms with E-state index in [1.165, 1.54) is 7.11 Å². The van der Waals surface area contributed by atoms with Gasteiger partial charge >= 0.3 is 5.97 Å². The Morgan fingerprint density at radius 2 is 1.66 bits per heavy atom. The summed E-state index contributed by atoms with van der Waals surface area (Å²) in [4.78, 5) is 38.4. The molecule has 1 amide bonds. The standard InChI is InChI=1S/C27H34N2O6/c1-16-13-22(30)25(28-2)18-10-12-24(34-4)20(15-18)19-14-17(9-11-23(19)33-3)7-6-8-21(27(32)35-5)29-26(16)31/h9-12,14-16,21,25,28H,6-8,13H2,1-5H3,(H,29,31)/t16-,21+,25+/m1/s1. The smallest absolute Gasteiger partial charge is 0.328 e. The Morgan fingerprint density at radius 1 is 1.00 bits per heavy atom. The van der Waals surface area contributed by atoms with Crippen LogP contribution in [0.15, 0.2) is 36.4 Å². The number of benzene rings is 2. The number of carbonyl (C=O) groups excluding carboxylic acids is 3. The highest BCUT2D eigenvalue weighted by Gasteiger charge is 2.28. The summed E-state index contributed by atoms with van der Waals surface area (Å²) in [6.45, 7) is 1.69. The molecule has 3 rings (SSSR count). The highest BCUT2D eigenvalue weighted by Crippen LogP contribution is 2.39. The fourth-order valence-corrected chi connectivity index (χ4v) is 4.48. The van der Waals surface area contributed by atoms with E-state index in [-0.39, 0.29) is 18.1 Å². The zero-order chi connectivity index (χ0) is 25.5. The topological polar surface area (TPSA) is 103 Å². The first-order valence-corrected chi connectivity index (χ1v) is 11.8. The first kappa shape index (κ1) is 26.2. The normalized spacial score (nSPS) is 21.1. The number of hydrogen-bond donors (Lipinski definition) is 2. The van der Waals surface area contributed by atoms with Gasteiger partial charge in [0.15, 0.2) is 5.78 Å². The lowest BCUT2D eigenvalue weighted by Gasteiger charge is -2.22. The van der Waals surface area contributed by atoms with E-state index in [2.05, 4.69) is 10.6 Å². The third-order valence-corrected chi connectivity index (χ3v) is 6.44. The third-order valence-electron chi connectivity index (χ3n) is 6.44. The van der Waals surface area contributed by atoms with Crippen LogP contribution in [0.2, 0.25) is 0 Å². The van der Waals surface area contributed by atoms with E-state index < -0.39 is 24.0 Å². The van der Waals surface area contributed by atoms with Crippen molar-refractivity contribution in [1.82, 2.24) is 10.6 Å². The molecular formula is C27H34N2O6. The lowest BCUT2D eigenvalue weighted by Crippen LogP contribution is -2.44. The molecule has 0 radical (unpaired) electrons. The number of Topliss-reactive ketones (excluding diaryl/α,β-unsaturated/α-hetero) is 1. The van der Waals surface area contributed by atoms with Crippen LogP contribution in [-0.4, -0.2) is 52.1 Å². The number of ketones is 1. The second-order valence-electron chi connectivity index (χ2n) is 8.76. The fraction of sp³-hybridized carbons (Fsp3) is 0.444. The van der Waals surface area contributed by atoms with Crippen molar-refractivity contribution in [2.75, 3.05) is 28.4 Å². The van der Waals surface area contributed by atoms with Crippen molar-refractivity contribution in [3.8, 4) is 22.6 Å². The van der Waals surface area contributed by atoms with Crippen molar-refractivity contribution in [2.24, 2.45) is 5.92 Å². The third kappa shape index (κ3) is 6.00. The van der Waals surface area contributed by atoms with Crippen molar-refractivity contribution in [3.05, 3.63) is 47.5 Å². The maximum Gasteiger partial charge on any atom is 0.328 e. The lowest BCUT2D eigenvalue weighted by molar-refractivity contribution is -0.145. The van der Waals surface area contributed by atoms with E-state index in [4.69, 9.17) is 14.2 Å². The quantitative estimate of drug-likeness (QED) is 0.645. The van der Waals surface area contributed by atoms with Crippen LogP contribution in [0.3, 0.4) is 0 Å². The number of esters is 1. The molecule has 2 aromatic rings. The van der Waals surface area contributed by atoms with E-state index in [9.17, 15) is 14.4 Å². The molecule has 3 atom stereocenters. The van der Waals surface area contributed by atoms with Gasteiger partial charge in [-0.25, -0.2) is 4.79 Å². The Kier molecular flexibility index (Phi) is 8.87. The average Bonchev–Trinajstić information content (AvgIpc) is 2.87. The van der Waals surface area contributed by atoms with Gasteiger partial charge in [-0.2, -0.15) is 0 Å². The zero-order valence-corrected chi connectivity index (χ0v) is 21.0. The van der Waals surface area contributed by atoms with Crippen LogP contribution in [0.5, 0.6) is 11.5 Å². The minimum absolute atomic E-state index is 0.0192. The van der Waals surface area contributed by atoms with Crippen LogP contribution in [-0.2, 0) is 25.5 Å². The molecule has 188 valence electrons. The lowest BCUT2D eigenvalue weighted by atomic mass is 9.91. The molecule has 8 nitrogen and oxygen atoms in total. The van der Waals surface area contributed by atoms with Gasteiger partial charge in [-0.1, -0.05) is 19.1 Å². The van der Waals surface area contributed by atoms with E-state index in [0.29, 0.717) is 30.8 Å². The van der Waals surface area contributed by atoms with Crippen molar-refractivity contribution < 1.29 is 28.6 Å². The molecule has 0 saturated heterocycles. The van der Waals surface area contributed by atoms with Crippen LogP contribution in [0.25, 0.3) is 11.1 Å². The number of hydrogen-bond acceptors (Lipinski definition) is 7. The molecule has 35 heavy (non-hydrogen) atoms. The summed E-state index contributed by atoms with van der Waals surface area (Å²) in [5.41, 5.74) is 3.46. The number of rotatable bonds is 4. The van der Waals surface area contributed by atoms with Crippen LogP contribution in [0, 0.1) is 5.92 Å². The van der Waals surface area contributed by atoms with E-state index in [1.54, 1.807) is 28.2 Å². The number of aryl methyl sites for hydroxylation is 1. The van der Waals surface area contributed by atoms with Crippen LogP contribution in [0.4, 0.5) is 0 Å². The Bertz CT molecular complexity index is 1080. The maximum absolute atomic E-state index is 13.2. The summed E-state index contributed by atoms with van der Waals surface area (Å²) < 4.78 is 16.2. The molecule has 0 aliphatic carbocycles. The molecule has 0 unspecified atom stereocenters. The van der Waals surface area contributed by atoms with Gasteiger partial charge in [0.1, 0.15) is 17.5 Å². The monoisotopic (exact) mass is 482 g/mol. The first-order chi connectivity index (χ1) is 16.8. The summed E-state index contributed by atoms with van der Waals surface area (Å²) >= 11 is 0. The minimum Gasteiger partial charge on any atom is -0.496 e. The fourth-order valence-electron chi connectivity index (χ4n) is 4.48. The van der Waals surface area contributed by atoms with Crippen molar-refractivity contribution in [3.63, 3.8) is 0 Å². The molecule has 4 bridgehead atoms. The Labute approximate surface area is 206 Å². The second-order valence-corrected chi connectivity index (χ2v) is 8.76. The van der Waals surface area contributed by atoms with E-state index in [1.807, 2.05) is 36.4 Å². The molecule has 0 spiro atoms. The van der Waals surface area contributed by atoms with Crippen molar-refractivity contribution in [1.29, 1.82) is 0 Å². The van der Waals surface area contributed by atoms with Gasteiger partial charge in [0, 0.05) is 23.5 Å². The summed E-state index contributed by atoms with van der Waals surface area (Å²) in [6.07, 6.45) is 1.78. The summed E-state index contributed by atoms with van der Waals surface area (Å²) in [6, 6.07) is 10.2. The predicted molar refractivity (Wildman–Crippen MR) is 132 cm³/mol. The molecule has 2 aromatic carbocycles. The SMILES string of the molecule is CN[C@@H]1C(=O)C[C@@H](C)C(=O)N[C@H](C(=O)OC)CCCc2ccc(OC)c(c2)-c2cc1ccc2OC. The van der Waals surface area contributed by atoms with Gasteiger partial charge in [-0.05, 0) is 61.7 Å². The van der Waals surface area contributed by atoms with E-state index >= 15 is 0 Å². The number of methoxy groups -OCH3 is 3. The van der Waals surface area contributed by atoms with Crippen LogP contribution >= 0.6 is 0 Å². The van der Waals surface area contributed by atoms with Crippen molar-refractivity contribution in [2.45, 2.75) is 44.7 Å². The minimum atomic E-state index is -0.774. The van der Waals surface area contributed by atoms with Crippen LogP contribution in [0.1, 0.15) is 43.4 Å². The number of amides is 1. The molecule has 0 aromatic heterocycles. The van der Waals surface area contributed by atoms with Gasteiger partial charge in [0.25, 0.3) is 0 Å². The van der Waals surface area contributed by atoms with Crippen LogP contribution < -0.4 is 20.1 Å². The second kappa shape index (κ2) is 11.8. The van der Waals surface area contributed by atoms with E-state index in [0.717, 1.165) is 22.3 Å². The number of nitrogens with one attached hydrogen (secondary N) is 2. The van der Waals surface area contributed by atoms with Crippen molar-refractivity contribution >= 4 is 17.7 Å². The molecular weight excluding hydrogens is 448 g/mol. The largest absolute Gasteiger partial charge is 0.496 e. The Morgan fingerprint density at radius 3 is 2.29 bits per heavy atom. The Balaban J connectivity index is 2.12. The average molecular weight is 483 g/mol. The molecule has 1 aliphatic heterocycles. The molecule has 0 saturated carbocycles. The highest BCUT2D eigenvalue weighted by molar-refractivity contribution is 5.92. The van der Waals surface area contributed by atoms with Gasteiger partial charge in [-0.15, -0.1) is 0 Å². The van der Waals surface area contributed by atoms with Gasteiger partial charge in [0.2, 0.25) is 5.91 Å². The zero-order valence-electron chi connectivity index (χ0n) is 21.0. The summed E-state index contributed by atoms with van der Waals surface area (Å²) in [5, 5.41) is 5.86. The first-order valence-electron chi connectivity index (χ1n) is 11.8. The Hall–Kier alpha value is -3.39. The predicted octanol–water partition coefficient (Wildman–Crippen LogP) is 3.22. The molecule has 2 N–H and O–H groups in total. The number of fused-ring (bicyclic) bond motifs is 5. The summed E-state index contributed by atoms with van der Waals surface area (Å²) in [5.74, 6) is -0.242. The number of carbonyl (C=O) groups is 3. The molecule has 1 aliphatic rings. The molecule has 1 heterocycles. The van der Waals surface area contributed by atoms with Gasteiger partial charge in [0.05, 0.1) is 27.4 Å². The number of ether oxygens (including phenoxy) is 3. The maximum atomic E-state index is 13.2. The summed E-state index contributed by atoms with van der Waals surface area (Å²) in [7, 11) is 6.24. The number of likely N-dealkylation sites (N-methyl/N-ethyl adjacent to an activating group) is 1. The molecule has 8 heteroatoms. The van der Waals surface area contributed by atoms with Gasteiger partial charge < -0.3 is 24.8 Å². The highest BCUT2D eigenvalue weighted by atomic mass is 16.5. The van der Waals surface area contributed by atoms with Gasteiger partial charge in [-0.3, -0.25) is 9.59 Å². The molecule has 0 fully saturated rings.